The third-order valence-electron chi connectivity index (χ3n) is 4.68. The molecule has 2 N–H and O–H groups in total. The van der Waals surface area contributed by atoms with Crippen LogP contribution in [0, 0.1) is 13.8 Å². The van der Waals surface area contributed by atoms with Crippen molar-refractivity contribution < 1.29 is 26.4 Å². The summed E-state index contributed by atoms with van der Waals surface area (Å²) in [4.78, 5) is 23.2. The van der Waals surface area contributed by atoms with Crippen molar-refractivity contribution in [1.82, 2.24) is 9.62 Å². The maximum absolute atomic E-state index is 12.9. The smallest absolute Gasteiger partial charge is 0.261 e. The fourth-order valence-electron chi connectivity index (χ4n) is 2.81. The van der Waals surface area contributed by atoms with Gasteiger partial charge in [-0.2, -0.15) is 0 Å². The molecule has 2 aromatic rings. The second kappa shape index (κ2) is 6.94. The molecule has 0 unspecified atom stereocenters. The molecule has 0 aromatic heterocycles. The van der Waals surface area contributed by atoms with Crippen LogP contribution in [0.4, 0.5) is 5.69 Å². The molecule has 1 aliphatic rings. The number of aryl methyl sites for hydroxylation is 1. The number of benzene rings is 2. The van der Waals surface area contributed by atoms with Gasteiger partial charge in [-0.05, 0) is 55.3 Å². The molecule has 0 bridgehead atoms. The number of nitrogens with one attached hydrogen (secondary N) is 2. The van der Waals surface area contributed by atoms with Gasteiger partial charge in [-0.15, -0.1) is 0 Å². The number of carbonyl (C=O) groups is 2. The number of sulfonamides is 2. The van der Waals surface area contributed by atoms with Crippen LogP contribution in [-0.4, -0.2) is 47.1 Å². The van der Waals surface area contributed by atoms with Gasteiger partial charge in [0.05, 0.1) is 26.6 Å². The summed E-state index contributed by atoms with van der Waals surface area (Å²) in [6.07, 6.45) is 0. The first-order chi connectivity index (χ1) is 13.3. The Balaban J connectivity index is 2.06. The van der Waals surface area contributed by atoms with E-state index >= 15 is 0 Å². The molecule has 0 fully saturated rings. The van der Waals surface area contributed by atoms with E-state index in [1.807, 2.05) is 0 Å². The summed E-state index contributed by atoms with van der Waals surface area (Å²) in [5, 5.41) is 2.10. The van der Waals surface area contributed by atoms with Crippen LogP contribution in [0.15, 0.2) is 40.1 Å². The zero-order valence-corrected chi connectivity index (χ0v) is 17.7. The van der Waals surface area contributed by atoms with Crippen molar-refractivity contribution in [3.63, 3.8) is 0 Å². The SMILES string of the molecule is Cc1cc(S(=O)(=O)N(C)C)cc(NS(=O)(=O)c2ccc3c(c2)C(=O)NC3=O)c1C. The predicted molar refractivity (Wildman–Crippen MR) is 106 cm³/mol. The molecule has 2 amide bonds. The topological polar surface area (TPSA) is 130 Å². The van der Waals surface area contributed by atoms with Gasteiger partial charge in [-0.1, -0.05) is 0 Å². The van der Waals surface area contributed by atoms with E-state index in [9.17, 15) is 26.4 Å². The lowest BCUT2D eigenvalue weighted by molar-refractivity contribution is 0.0879. The van der Waals surface area contributed by atoms with Crippen LogP contribution in [-0.2, 0) is 20.0 Å². The van der Waals surface area contributed by atoms with Gasteiger partial charge in [0, 0.05) is 14.1 Å². The van der Waals surface area contributed by atoms with Crippen molar-refractivity contribution >= 4 is 37.5 Å². The summed E-state index contributed by atoms with van der Waals surface area (Å²) >= 11 is 0. The van der Waals surface area contributed by atoms with Gasteiger partial charge in [-0.3, -0.25) is 19.6 Å². The summed E-state index contributed by atoms with van der Waals surface area (Å²) in [5.74, 6) is -1.26. The minimum Gasteiger partial charge on any atom is -0.288 e. The molecular formula is C18H19N3O6S2. The maximum Gasteiger partial charge on any atom is 0.261 e. The van der Waals surface area contributed by atoms with Gasteiger partial charge in [0.1, 0.15) is 0 Å². The molecule has 1 heterocycles. The van der Waals surface area contributed by atoms with E-state index in [0.717, 1.165) is 10.4 Å². The maximum atomic E-state index is 12.9. The van der Waals surface area contributed by atoms with E-state index in [0.29, 0.717) is 11.1 Å². The summed E-state index contributed by atoms with van der Waals surface area (Å²) in [5.41, 5.74) is 1.31. The molecular weight excluding hydrogens is 418 g/mol. The Hall–Kier alpha value is -2.76. The normalized spacial score (nSPS) is 14.1. The van der Waals surface area contributed by atoms with Gasteiger partial charge in [-0.25, -0.2) is 21.1 Å². The molecule has 1 aliphatic heterocycles. The van der Waals surface area contributed by atoms with Crippen LogP contribution in [0.25, 0.3) is 0 Å². The average molecular weight is 437 g/mol. The van der Waals surface area contributed by atoms with E-state index < -0.39 is 31.9 Å². The largest absolute Gasteiger partial charge is 0.288 e. The first kappa shape index (κ1) is 21.0. The van der Waals surface area contributed by atoms with Crippen molar-refractivity contribution in [3.05, 3.63) is 52.6 Å². The lowest BCUT2D eigenvalue weighted by Crippen LogP contribution is -2.23. The molecule has 154 valence electrons. The van der Waals surface area contributed by atoms with E-state index in [-0.39, 0.29) is 26.6 Å². The number of amides is 2. The molecule has 9 nitrogen and oxygen atoms in total. The van der Waals surface area contributed by atoms with Gasteiger partial charge >= 0.3 is 0 Å². The number of carbonyl (C=O) groups excluding carboxylic acids is 2. The van der Waals surface area contributed by atoms with E-state index in [1.54, 1.807) is 13.8 Å². The van der Waals surface area contributed by atoms with Gasteiger partial charge in [0.25, 0.3) is 21.8 Å². The Morgan fingerprint density at radius 2 is 1.48 bits per heavy atom. The van der Waals surface area contributed by atoms with Gasteiger partial charge in [0.2, 0.25) is 10.0 Å². The molecule has 0 radical (unpaired) electrons. The van der Waals surface area contributed by atoms with Crippen molar-refractivity contribution in [3.8, 4) is 0 Å². The highest BCUT2D eigenvalue weighted by Gasteiger charge is 2.29. The van der Waals surface area contributed by atoms with Crippen LogP contribution >= 0.6 is 0 Å². The quantitative estimate of drug-likeness (QED) is 0.677. The predicted octanol–water partition coefficient (Wildman–Crippen LogP) is 1.24. The second-order valence-electron chi connectivity index (χ2n) is 6.80. The summed E-state index contributed by atoms with van der Waals surface area (Å²) in [6, 6.07) is 6.30. The van der Waals surface area contributed by atoms with E-state index in [1.165, 1.54) is 38.4 Å². The zero-order valence-electron chi connectivity index (χ0n) is 16.1. The number of fused-ring (bicyclic) bond motifs is 1. The first-order valence-corrected chi connectivity index (χ1v) is 11.3. The van der Waals surface area contributed by atoms with Crippen LogP contribution < -0.4 is 10.0 Å². The Labute approximate surface area is 168 Å². The van der Waals surface area contributed by atoms with E-state index in [4.69, 9.17) is 0 Å². The second-order valence-corrected chi connectivity index (χ2v) is 10.6. The molecule has 29 heavy (non-hydrogen) atoms. The molecule has 3 rings (SSSR count). The van der Waals surface area contributed by atoms with Gasteiger partial charge < -0.3 is 0 Å². The Kier molecular flexibility index (Phi) is 5.01. The average Bonchev–Trinajstić information content (AvgIpc) is 2.92. The molecule has 0 saturated heterocycles. The minimum absolute atomic E-state index is 0.0327. The molecule has 11 heteroatoms. The molecule has 0 saturated carbocycles. The number of nitrogens with zero attached hydrogens (tertiary/aromatic N) is 1. The number of hydrogen-bond donors (Lipinski definition) is 2. The van der Waals surface area contributed by atoms with Crippen molar-refractivity contribution in [2.24, 2.45) is 0 Å². The standard InChI is InChI=1S/C18H19N3O6S2/c1-10-7-13(29(26,27)21(3)4)9-16(11(10)2)20-28(24,25)12-5-6-14-15(8-12)18(23)19-17(14)22/h5-9,20H,1-4H3,(H,19,22,23). The highest BCUT2D eigenvalue weighted by atomic mass is 32.2. The van der Waals surface area contributed by atoms with Crippen molar-refractivity contribution in [2.75, 3.05) is 18.8 Å². The number of imide groups is 1. The van der Waals surface area contributed by atoms with Gasteiger partial charge in [0.15, 0.2) is 0 Å². The number of hydrogen-bond acceptors (Lipinski definition) is 6. The third-order valence-corrected chi connectivity index (χ3v) is 7.84. The van der Waals surface area contributed by atoms with Crippen LogP contribution in [0.5, 0.6) is 0 Å². The lowest BCUT2D eigenvalue weighted by atomic mass is 10.1. The first-order valence-electron chi connectivity index (χ1n) is 8.41. The highest BCUT2D eigenvalue weighted by molar-refractivity contribution is 7.92. The Morgan fingerprint density at radius 1 is 0.862 bits per heavy atom. The summed E-state index contributed by atoms with van der Waals surface area (Å²) < 4.78 is 54.0. The fraction of sp³-hybridized carbons (Fsp3) is 0.222. The zero-order chi connectivity index (χ0) is 21.7. The summed E-state index contributed by atoms with van der Waals surface area (Å²) in [7, 11) is -5.16. The monoisotopic (exact) mass is 437 g/mol. The molecule has 2 aromatic carbocycles. The molecule has 0 atom stereocenters. The molecule has 0 aliphatic carbocycles. The third kappa shape index (κ3) is 3.63. The Morgan fingerprint density at radius 3 is 2.10 bits per heavy atom. The van der Waals surface area contributed by atoms with Crippen LogP contribution in [0.1, 0.15) is 31.8 Å². The minimum atomic E-state index is -4.15. The van der Waals surface area contributed by atoms with Crippen LogP contribution in [0.2, 0.25) is 0 Å². The van der Waals surface area contributed by atoms with Crippen LogP contribution in [0.3, 0.4) is 0 Å². The fourth-order valence-corrected chi connectivity index (χ4v) is 4.96. The Bertz CT molecular complexity index is 1260. The lowest BCUT2D eigenvalue weighted by Gasteiger charge is -2.17. The number of anilines is 1. The molecule has 0 spiro atoms. The highest BCUT2D eigenvalue weighted by Crippen LogP contribution is 2.28. The van der Waals surface area contributed by atoms with Crippen molar-refractivity contribution in [2.45, 2.75) is 23.6 Å². The van der Waals surface area contributed by atoms with Crippen molar-refractivity contribution in [1.29, 1.82) is 0 Å². The number of rotatable bonds is 5. The van der Waals surface area contributed by atoms with E-state index in [2.05, 4.69) is 10.0 Å². The summed E-state index contributed by atoms with van der Waals surface area (Å²) in [6.45, 7) is 3.33.